The predicted molar refractivity (Wildman–Crippen MR) is 85.9 cm³/mol. The normalized spacial score (nSPS) is 10.5. The van der Waals surface area contributed by atoms with Crippen LogP contribution in [0.15, 0.2) is 47.8 Å². The van der Waals surface area contributed by atoms with Crippen LogP contribution in [0.4, 0.5) is 15.2 Å². The van der Waals surface area contributed by atoms with Gasteiger partial charge in [-0.3, -0.25) is 0 Å². The summed E-state index contributed by atoms with van der Waals surface area (Å²) in [6.07, 6.45) is 0. The number of thiazole rings is 1. The molecular formula is C16H11FN2O3S. The molecule has 1 aromatic heterocycles. The van der Waals surface area contributed by atoms with E-state index in [1.165, 1.54) is 35.6 Å². The molecule has 2 aromatic carbocycles. The van der Waals surface area contributed by atoms with Crippen molar-refractivity contribution in [2.24, 2.45) is 0 Å². The minimum absolute atomic E-state index is 0.165. The lowest BCUT2D eigenvalue weighted by Crippen LogP contribution is -1.97. The van der Waals surface area contributed by atoms with E-state index in [0.29, 0.717) is 16.5 Å². The van der Waals surface area contributed by atoms with Crippen LogP contribution < -0.4 is 5.32 Å². The highest BCUT2D eigenvalue weighted by Crippen LogP contribution is 2.29. The van der Waals surface area contributed by atoms with Gasteiger partial charge in [0.2, 0.25) is 0 Å². The second kappa shape index (κ2) is 6.05. The number of carbonyl (C=O) groups is 1. The Labute approximate surface area is 134 Å². The average molecular weight is 330 g/mol. The molecule has 0 spiro atoms. The van der Waals surface area contributed by atoms with Crippen molar-refractivity contribution in [3.8, 4) is 17.0 Å². The number of carboxylic acids is 1. The summed E-state index contributed by atoms with van der Waals surface area (Å²) in [7, 11) is 0. The quantitative estimate of drug-likeness (QED) is 0.671. The van der Waals surface area contributed by atoms with Gasteiger partial charge in [0.15, 0.2) is 5.13 Å². The van der Waals surface area contributed by atoms with Crippen molar-refractivity contribution in [2.45, 2.75) is 0 Å². The van der Waals surface area contributed by atoms with Gasteiger partial charge in [0.05, 0.1) is 5.69 Å². The summed E-state index contributed by atoms with van der Waals surface area (Å²) in [4.78, 5) is 15.2. The first kappa shape index (κ1) is 15.0. The maximum atomic E-state index is 12.9. The Balaban J connectivity index is 1.80. The van der Waals surface area contributed by atoms with Crippen LogP contribution in [0.3, 0.4) is 0 Å². The summed E-state index contributed by atoms with van der Waals surface area (Å²) in [5.74, 6) is -1.82. The zero-order valence-corrected chi connectivity index (χ0v) is 12.5. The minimum Gasteiger partial charge on any atom is -0.507 e. The third kappa shape index (κ3) is 3.29. The topological polar surface area (TPSA) is 82.5 Å². The Morgan fingerprint density at radius 3 is 2.57 bits per heavy atom. The van der Waals surface area contributed by atoms with Crippen molar-refractivity contribution in [2.75, 3.05) is 5.32 Å². The zero-order valence-electron chi connectivity index (χ0n) is 11.7. The molecule has 0 saturated heterocycles. The Morgan fingerprint density at radius 1 is 1.17 bits per heavy atom. The number of phenols is 1. The van der Waals surface area contributed by atoms with Crippen molar-refractivity contribution in [1.29, 1.82) is 0 Å². The first-order valence-corrected chi connectivity index (χ1v) is 7.46. The number of hydrogen-bond donors (Lipinski definition) is 3. The smallest absolute Gasteiger partial charge is 0.339 e. The van der Waals surface area contributed by atoms with E-state index in [0.717, 1.165) is 5.56 Å². The second-order valence-electron chi connectivity index (χ2n) is 4.71. The molecule has 0 amide bonds. The standard InChI is InChI=1S/C16H11FN2O3S/c17-10-3-1-9(2-4-10)13-8-23-16(19-13)18-11-5-6-12(15(21)22)14(20)7-11/h1-8,20H,(H,18,19)(H,21,22). The molecule has 5 nitrogen and oxygen atoms in total. The maximum Gasteiger partial charge on any atom is 0.339 e. The summed E-state index contributed by atoms with van der Waals surface area (Å²) in [6.45, 7) is 0. The molecule has 0 aliphatic heterocycles. The van der Waals surface area contributed by atoms with E-state index in [-0.39, 0.29) is 17.1 Å². The van der Waals surface area contributed by atoms with E-state index in [1.54, 1.807) is 18.2 Å². The lowest BCUT2D eigenvalue weighted by Gasteiger charge is -2.05. The molecule has 1 heterocycles. The monoisotopic (exact) mass is 330 g/mol. The van der Waals surface area contributed by atoms with E-state index < -0.39 is 5.97 Å². The molecule has 0 bridgehead atoms. The van der Waals surface area contributed by atoms with Gasteiger partial charge < -0.3 is 15.5 Å². The molecule has 116 valence electrons. The zero-order chi connectivity index (χ0) is 16.4. The van der Waals surface area contributed by atoms with Crippen molar-refractivity contribution < 1.29 is 19.4 Å². The molecule has 3 rings (SSSR count). The fourth-order valence-electron chi connectivity index (χ4n) is 2.00. The molecule has 7 heteroatoms. The van der Waals surface area contributed by atoms with Crippen molar-refractivity contribution in [1.82, 2.24) is 4.98 Å². The summed E-state index contributed by atoms with van der Waals surface area (Å²) >= 11 is 1.35. The van der Waals surface area contributed by atoms with Crippen LogP contribution in [0.25, 0.3) is 11.3 Å². The molecular weight excluding hydrogens is 319 g/mol. The number of nitrogens with zero attached hydrogens (tertiary/aromatic N) is 1. The molecule has 0 aliphatic rings. The van der Waals surface area contributed by atoms with Gasteiger partial charge in [-0.2, -0.15) is 0 Å². The molecule has 23 heavy (non-hydrogen) atoms. The van der Waals surface area contributed by atoms with Crippen molar-refractivity contribution in [3.05, 3.63) is 59.2 Å². The molecule has 3 aromatic rings. The van der Waals surface area contributed by atoms with Crippen molar-refractivity contribution in [3.63, 3.8) is 0 Å². The Morgan fingerprint density at radius 2 is 1.91 bits per heavy atom. The van der Waals surface area contributed by atoms with E-state index >= 15 is 0 Å². The summed E-state index contributed by atoms with van der Waals surface area (Å²) < 4.78 is 12.9. The largest absolute Gasteiger partial charge is 0.507 e. The highest BCUT2D eigenvalue weighted by atomic mass is 32.1. The molecule has 0 atom stereocenters. The number of nitrogens with one attached hydrogen (secondary N) is 1. The number of halogens is 1. The van der Waals surface area contributed by atoms with Crippen LogP contribution in [0.1, 0.15) is 10.4 Å². The molecule has 0 fully saturated rings. The molecule has 0 aliphatic carbocycles. The third-order valence-electron chi connectivity index (χ3n) is 3.12. The predicted octanol–water partition coefficient (Wildman–Crippen LogP) is 4.10. The van der Waals surface area contributed by atoms with E-state index in [9.17, 15) is 14.3 Å². The number of aromatic carboxylic acids is 1. The number of benzene rings is 2. The van der Waals surface area contributed by atoms with Crippen LogP contribution in [0, 0.1) is 5.82 Å². The number of hydrogen-bond acceptors (Lipinski definition) is 5. The average Bonchev–Trinajstić information content (AvgIpc) is 2.96. The maximum absolute atomic E-state index is 12.9. The molecule has 0 saturated carbocycles. The van der Waals surface area contributed by atoms with E-state index in [2.05, 4.69) is 10.3 Å². The summed E-state index contributed by atoms with van der Waals surface area (Å²) in [5.41, 5.74) is 1.85. The SMILES string of the molecule is O=C(O)c1ccc(Nc2nc(-c3ccc(F)cc3)cs2)cc1O. The van der Waals surface area contributed by atoms with Crippen LogP contribution >= 0.6 is 11.3 Å². The number of carboxylic acid groups (broad SMARTS) is 1. The minimum atomic E-state index is -1.19. The van der Waals surface area contributed by atoms with E-state index in [4.69, 9.17) is 5.11 Å². The first-order chi connectivity index (χ1) is 11.0. The Hall–Kier alpha value is -2.93. The number of rotatable bonds is 4. The summed E-state index contributed by atoms with van der Waals surface area (Å²) in [6, 6.07) is 10.2. The van der Waals surface area contributed by atoms with Crippen molar-refractivity contribution >= 4 is 28.1 Å². The van der Waals surface area contributed by atoms with Gasteiger partial charge in [0.25, 0.3) is 0 Å². The van der Waals surface area contributed by atoms with Crippen LogP contribution in [-0.2, 0) is 0 Å². The lowest BCUT2D eigenvalue weighted by atomic mass is 10.2. The van der Waals surface area contributed by atoms with Gasteiger partial charge in [0.1, 0.15) is 17.1 Å². The van der Waals surface area contributed by atoms with Crippen LogP contribution in [0.2, 0.25) is 0 Å². The van der Waals surface area contributed by atoms with Gasteiger partial charge in [-0.1, -0.05) is 0 Å². The number of aromatic nitrogens is 1. The van der Waals surface area contributed by atoms with Gasteiger partial charge in [-0.15, -0.1) is 11.3 Å². The van der Waals surface area contributed by atoms with Gasteiger partial charge >= 0.3 is 5.97 Å². The third-order valence-corrected chi connectivity index (χ3v) is 3.88. The first-order valence-electron chi connectivity index (χ1n) is 6.58. The van der Waals surface area contributed by atoms with Gasteiger partial charge in [-0.05, 0) is 36.4 Å². The van der Waals surface area contributed by atoms with Gasteiger partial charge in [0, 0.05) is 22.7 Å². The second-order valence-corrected chi connectivity index (χ2v) is 5.56. The number of anilines is 2. The van der Waals surface area contributed by atoms with Gasteiger partial charge in [-0.25, -0.2) is 14.2 Å². The Kier molecular flexibility index (Phi) is 3.94. The fraction of sp³-hybridized carbons (Fsp3) is 0. The summed E-state index contributed by atoms with van der Waals surface area (Å²) in [5, 5.41) is 23.9. The Bertz CT molecular complexity index is 862. The van der Waals surface area contributed by atoms with Crippen LogP contribution in [0.5, 0.6) is 5.75 Å². The molecule has 0 unspecified atom stereocenters. The van der Waals surface area contributed by atoms with Crippen LogP contribution in [-0.4, -0.2) is 21.2 Å². The molecule has 0 radical (unpaired) electrons. The molecule has 3 N–H and O–H groups in total. The lowest BCUT2D eigenvalue weighted by molar-refractivity contribution is 0.0694. The van der Waals surface area contributed by atoms with E-state index in [1.807, 2.05) is 5.38 Å². The fourth-order valence-corrected chi connectivity index (χ4v) is 2.74. The highest BCUT2D eigenvalue weighted by molar-refractivity contribution is 7.14. The highest BCUT2D eigenvalue weighted by Gasteiger charge is 2.11. The number of aromatic hydroxyl groups is 1.